The van der Waals surface area contributed by atoms with Gasteiger partial charge in [0.05, 0.1) is 5.69 Å². The molecule has 0 bridgehead atoms. The number of nitrogens with one attached hydrogen (secondary N) is 1. The lowest BCUT2D eigenvalue weighted by molar-refractivity contribution is -0.127. The van der Waals surface area contributed by atoms with E-state index in [1.165, 1.54) is 0 Å². The van der Waals surface area contributed by atoms with E-state index in [1.807, 2.05) is 30.3 Å². The van der Waals surface area contributed by atoms with Crippen molar-refractivity contribution in [1.29, 1.82) is 0 Å². The molecule has 1 aliphatic heterocycles. The fourth-order valence-corrected chi connectivity index (χ4v) is 3.39. The first-order valence-corrected chi connectivity index (χ1v) is 8.57. The van der Waals surface area contributed by atoms with Crippen LogP contribution in [0.25, 0.3) is 5.78 Å². The molecule has 1 fully saturated rings. The summed E-state index contributed by atoms with van der Waals surface area (Å²) in [6.45, 7) is 2.71. The summed E-state index contributed by atoms with van der Waals surface area (Å²) in [4.78, 5) is 36.0. The van der Waals surface area contributed by atoms with E-state index in [9.17, 15) is 9.59 Å². The summed E-state index contributed by atoms with van der Waals surface area (Å²) in [5, 5.41) is 2.87. The fraction of sp³-hybridized carbons (Fsp3) is 0.263. The SMILES string of the molecule is Cc1nc2ncccn2c1C(=O)N1CCNC(=O)C1Cc1ccccc1. The van der Waals surface area contributed by atoms with Crippen molar-refractivity contribution in [2.75, 3.05) is 13.1 Å². The Labute approximate surface area is 150 Å². The molecule has 0 spiro atoms. The Morgan fingerprint density at radius 2 is 2.08 bits per heavy atom. The molecule has 7 heteroatoms. The maximum Gasteiger partial charge on any atom is 0.273 e. The highest BCUT2D eigenvalue weighted by Crippen LogP contribution is 2.18. The monoisotopic (exact) mass is 349 g/mol. The highest BCUT2D eigenvalue weighted by molar-refractivity contribution is 5.98. The minimum Gasteiger partial charge on any atom is -0.353 e. The van der Waals surface area contributed by atoms with E-state index in [0.29, 0.717) is 36.7 Å². The topological polar surface area (TPSA) is 79.6 Å². The van der Waals surface area contributed by atoms with Crippen LogP contribution in [-0.4, -0.2) is 50.2 Å². The molecule has 0 aliphatic carbocycles. The number of imidazole rings is 1. The van der Waals surface area contributed by atoms with Gasteiger partial charge in [-0.1, -0.05) is 30.3 Å². The molecule has 3 aromatic rings. The molecule has 3 heterocycles. The van der Waals surface area contributed by atoms with E-state index in [1.54, 1.807) is 34.7 Å². The van der Waals surface area contributed by atoms with Gasteiger partial charge in [-0.05, 0) is 18.6 Å². The summed E-state index contributed by atoms with van der Waals surface area (Å²) < 4.78 is 1.68. The van der Waals surface area contributed by atoms with E-state index < -0.39 is 6.04 Å². The van der Waals surface area contributed by atoms with Gasteiger partial charge in [-0.15, -0.1) is 0 Å². The molecule has 4 rings (SSSR count). The number of hydrogen-bond acceptors (Lipinski definition) is 4. The number of benzene rings is 1. The highest BCUT2D eigenvalue weighted by atomic mass is 16.2. The molecule has 0 radical (unpaired) electrons. The van der Waals surface area contributed by atoms with Gasteiger partial charge in [-0.3, -0.25) is 14.0 Å². The molecule has 1 saturated heterocycles. The van der Waals surface area contributed by atoms with Crippen molar-refractivity contribution in [2.45, 2.75) is 19.4 Å². The predicted molar refractivity (Wildman–Crippen MR) is 95.7 cm³/mol. The third kappa shape index (κ3) is 2.81. The molecule has 1 aromatic carbocycles. The lowest BCUT2D eigenvalue weighted by atomic mass is 10.0. The van der Waals surface area contributed by atoms with Crippen LogP contribution < -0.4 is 5.32 Å². The van der Waals surface area contributed by atoms with Crippen LogP contribution in [-0.2, 0) is 11.2 Å². The van der Waals surface area contributed by atoms with Crippen molar-refractivity contribution >= 4 is 17.6 Å². The molecule has 2 amide bonds. The fourth-order valence-electron chi connectivity index (χ4n) is 3.39. The highest BCUT2D eigenvalue weighted by Gasteiger charge is 2.35. The van der Waals surface area contributed by atoms with Gasteiger partial charge in [0.1, 0.15) is 11.7 Å². The van der Waals surface area contributed by atoms with E-state index in [4.69, 9.17) is 0 Å². The van der Waals surface area contributed by atoms with Crippen molar-refractivity contribution in [3.05, 3.63) is 65.7 Å². The summed E-state index contributed by atoms with van der Waals surface area (Å²) in [6.07, 6.45) is 3.89. The first-order chi connectivity index (χ1) is 12.6. The average molecular weight is 349 g/mol. The third-order valence-corrected chi connectivity index (χ3v) is 4.64. The Morgan fingerprint density at radius 3 is 2.88 bits per heavy atom. The molecule has 132 valence electrons. The molecule has 26 heavy (non-hydrogen) atoms. The minimum atomic E-state index is -0.541. The largest absolute Gasteiger partial charge is 0.353 e. The van der Waals surface area contributed by atoms with Crippen molar-refractivity contribution in [3.8, 4) is 0 Å². The number of carbonyl (C=O) groups excluding carboxylic acids is 2. The quantitative estimate of drug-likeness (QED) is 0.771. The molecule has 1 aliphatic rings. The van der Waals surface area contributed by atoms with Crippen LogP contribution in [0.5, 0.6) is 0 Å². The summed E-state index contributed by atoms with van der Waals surface area (Å²) in [5.41, 5.74) is 2.09. The van der Waals surface area contributed by atoms with Gasteiger partial charge >= 0.3 is 0 Å². The lowest BCUT2D eigenvalue weighted by Gasteiger charge is -2.35. The molecule has 7 nitrogen and oxygen atoms in total. The van der Waals surface area contributed by atoms with Gasteiger partial charge in [0.15, 0.2) is 0 Å². The van der Waals surface area contributed by atoms with Crippen molar-refractivity contribution in [3.63, 3.8) is 0 Å². The average Bonchev–Trinajstić information content (AvgIpc) is 2.99. The second kappa shape index (κ2) is 6.59. The molecular formula is C19H19N5O2. The van der Waals surface area contributed by atoms with Crippen LogP contribution in [0.15, 0.2) is 48.8 Å². The van der Waals surface area contributed by atoms with Crippen LogP contribution >= 0.6 is 0 Å². The maximum atomic E-state index is 13.3. The standard InChI is InChI=1S/C19H19N5O2/c1-13-16(24-10-5-8-21-19(24)22-13)18(26)23-11-9-20-17(25)15(23)12-14-6-3-2-4-7-14/h2-8,10,15H,9,11-12H2,1H3,(H,20,25). The van der Waals surface area contributed by atoms with Crippen molar-refractivity contribution in [1.82, 2.24) is 24.6 Å². The van der Waals surface area contributed by atoms with Crippen LogP contribution in [0.4, 0.5) is 0 Å². The van der Waals surface area contributed by atoms with Crippen molar-refractivity contribution in [2.24, 2.45) is 0 Å². The van der Waals surface area contributed by atoms with Gasteiger partial charge in [0.2, 0.25) is 11.7 Å². The minimum absolute atomic E-state index is 0.127. The third-order valence-electron chi connectivity index (χ3n) is 4.64. The number of amides is 2. The summed E-state index contributed by atoms with van der Waals surface area (Å²) in [6, 6.07) is 10.9. The Balaban J connectivity index is 1.70. The molecule has 1 atom stereocenters. The number of carbonyl (C=O) groups is 2. The zero-order chi connectivity index (χ0) is 18.1. The summed E-state index contributed by atoms with van der Waals surface area (Å²) in [5.74, 6) is 0.159. The first kappa shape index (κ1) is 16.3. The Hall–Kier alpha value is -3.22. The second-order valence-electron chi connectivity index (χ2n) is 6.33. The molecular weight excluding hydrogens is 330 g/mol. The van der Waals surface area contributed by atoms with E-state index in [0.717, 1.165) is 5.56 Å². The van der Waals surface area contributed by atoms with Gasteiger partial charge < -0.3 is 10.2 Å². The zero-order valence-corrected chi connectivity index (χ0v) is 14.4. The Bertz CT molecular complexity index is 966. The molecule has 2 aromatic heterocycles. The number of hydrogen-bond donors (Lipinski definition) is 1. The summed E-state index contributed by atoms with van der Waals surface area (Å²) >= 11 is 0. The Kier molecular flexibility index (Phi) is 4.12. The lowest BCUT2D eigenvalue weighted by Crippen LogP contribution is -2.58. The van der Waals surface area contributed by atoms with Crippen LogP contribution in [0.1, 0.15) is 21.7 Å². The maximum absolute atomic E-state index is 13.3. The molecule has 1 N–H and O–H groups in total. The number of aromatic nitrogens is 3. The van der Waals surface area contributed by atoms with E-state index >= 15 is 0 Å². The number of piperazine rings is 1. The van der Waals surface area contributed by atoms with E-state index in [2.05, 4.69) is 15.3 Å². The predicted octanol–water partition coefficient (Wildman–Crippen LogP) is 1.22. The van der Waals surface area contributed by atoms with Gasteiger partial charge in [-0.25, -0.2) is 9.97 Å². The summed E-state index contributed by atoms with van der Waals surface area (Å²) in [7, 11) is 0. The molecule has 0 saturated carbocycles. The Morgan fingerprint density at radius 1 is 1.27 bits per heavy atom. The van der Waals surface area contributed by atoms with Crippen LogP contribution in [0.3, 0.4) is 0 Å². The van der Waals surface area contributed by atoms with Gasteiger partial charge in [0, 0.05) is 31.9 Å². The number of fused-ring (bicyclic) bond motifs is 1. The number of nitrogens with zero attached hydrogens (tertiary/aromatic N) is 4. The first-order valence-electron chi connectivity index (χ1n) is 8.57. The number of rotatable bonds is 3. The number of aryl methyl sites for hydroxylation is 1. The van der Waals surface area contributed by atoms with E-state index in [-0.39, 0.29) is 11.8 Å². The van der Waals surface area contributed by atoms with Crippen LogP contribution in [0, 0.1) is 6.92 Å². The van der Waals surface area contributed by atoms with Crippen LogP contribution in [0.2, 0.25) is 0 Å². The van der Waals surface area contributed by atoms with Gasteiger partial charge in [-0.2, -0.15) is 0 Å². The second-order valence-corrected chi connectivity index (χ2v) is 6.33. The zero-order valence-electron chi connectivity index (χ0n) is 14.4. The molecule has 1 unspecified atom stereocenters. The smallest absolute Gasteiger partial charge is 0.273 e. The van der Waals surface area contributed by atoms with Crippen molar-refractivity contribution < 1.29 is 9.59 Å². The normalized spacial score (nSPS) is 17.3. The van der Waals surface area contributed by atoms with Gasteiger partial charge in [0.25, 0.3) is 5.91 Å².